The second-order valence-electron chi connectivity index (χ2n) is 4.63. The molecule has 1 aliphatic rings. The summed E-state index contributed by atoms with van der Waals surface area (Å²) in [7, 11) is 0. The molecule has 1 aliphatic heterocycles. The topological polar surface area (TPSA) is 47.0 Å². The molecule has 2 aromatic rings. The van der Waals surface area contributed by atoms with Gasteiger partial charge in [-0.3, -0.25) is 0 Å². The number of fused-ring (bicyclic) bond motifs is 1. The van der Waals surface area contributed by atoms with Gasteiger partial charge in [-0.25, -0.2) is 9.97 Å². The Labute approximate surface area is 130 Å². The fourth-order valence-corrected chi connectivity index (χ4v) is 3.06. The van der Waals surface area contributed by atoms with Crippen LogP contribution in [0.5, 0.6) is 5.75 Å². The summed E-state index contributed by atoms with van der Waals surface area (Å²) in [5.41, 5.74) is 2.35. The largest absolute Gasteiger partial charge is 0.493 e. The van der Waals surface area contributed by atoms with Crippen molar-refractivity contribution in [3.05, 3.63) is 44.8 Å². The van der Waals surface area contributed by atoms with E-state index in [1.807, 2.05) is 6.92 Å². The maximum absolute atomic E-state index is 5.93. The molecule has 0 fully saturated rings. The van der Waals surface area contributed by atoms with Gasteiger partial charge in [0.2, 0.25) is 0 Å². The van der Waals surface area contributed by atoms with Gasteiger partial charge in [0.1, 0.15) is 22.5 Å². The summed E-state index contributed by atoms with van der Waals surface area (Å²) in [6, 6.07) is 5.89. The molecule has 3 rings (SSSR count). The van der Waals surface area contributed by atoms with Crippen molar-refractivity contribution in [1.29, 1.82) is 0 Å². The van der Waals surface area contributed by atoms with Crippen molar-refractivity contribution in [2.75, 3.05) is 11.9 Å². The van der Waals surface area contributed by atoms with Gasteiger partial charge in [0.05, 0.1) is 6.61 Å². The van der Waals surface area contributed by atoms with Crippen LogP contribution >= 0.6 is 27.5 Å². The second kappa shape index (κ2) is 5.58. The minimum atomic E-state index is 0.440. The molecule has 0 spiro atoms. The third-order valence-electron chi connectivity index (χ3n) is 3.09. The Morgan fingerprint density at radius 3 is 3.00 bits per heavy atom. The lowest BCUT2D eigenvalue weighted by molar-refractivity contribution is 0.354. The van der Waals surface area contributed by atoms with Gasteiger partial charge >= 0.3 is 0 Å². The molecule has 4 nitrogen and oxygen atoms in total. The zero-order chi connectivity index (χ0) is 14.1. The number of nitrogens with one attached hydrogen (secondary N) is 1. The third-order valence-corrected chi connectivity index (χ3v) is 3.74. The van der Waals surface area contributed by atoms with Crippen molar-refractivity contribution in [2.45, 2.75) is 19.9 Å². The van der Waals surface area contributed by atoms with Crippen molar-refractivity contribution in [3.63, 3.8) is 0 Å². The highest BCUT2D eigenvalue weighted by molar-refractivity contribution is 9.10. The van der Waals surface area contributed by atoms with Crippen LogP contribution in [0.4, 0.5) is 5.82 Å². The van der Waals surface area contributed by atoms with E-state index in [1.165, 1.54) is 5.56 Å². The van der Waals surface area contributed by atoms with E-state index in [0.717, 1.165) is 28.8 Å². The van der Waals surface area contributed by atoms with Crippen LogP contribution in [0.25, 0.3) is 0 Å². The quantitative estimate of drug-likeness (QED) is 0.853. The molecule has 6 heteroatoms. The Morgan fingerprint density at radius 1 is 1.35 bits per heavy atom. The zero-order valence-corrected chi connectivity index (χ0v) is 13.3. The Hall–Kier alpha value is -1.33. The molecule has 0 saturated heterocycles. The highest BCUT2D eigenvalue weighted by atomic mass is 79.9. The summed E-state index contributed by atoms with van der Waals surface area (Å²) in [4.78, 5) is 8.35. The number of hydrogen-bond donors (Lipinski definition) is 1. The summed E-state index contributed by atoms with van der Waals surface area (Å²) in [5, 5.41) is 3.70. The van der Waals surface area contributed by atoms with Crippen LogP contribution in [0, 0.1) is 6.92 Å². The minimum Gasteiger partial charge on any atom is -0.493 e. The summed E-state index contributed by atoms with van der Waals surface area (Å²) in [6.45, 7) is 3.20. The number of anilines is 1. The van der Waals surface area contributed by atoms with E-state index in [4.69, 9.17) is 16.3 Å². The molecule has 0 saturated carbocycles. The average molecular weight is 355 g/mol. The number of benzene rings is 1. The van der Waals surface area contributed by atoms with E-state index < -0.39 is 0 Å². The second-order valence-corrected chi connectivity index (χ2v) is 5.93. The smallest absolute Gasteiger partial charge is 0.134 e. The van der Waals surface area contributed by atoms with Crippen LogP contribution in [-0.2, 0) is 13.0 Å². The van der Waals surface area contributed by atoms with Crippen LogP contribution < -0.4 is 10.1 Å². The van der Waals surface area contributed by atoms with Gasteiger partial charge in [-0.2, -0.15) is 0 Å². The van der Waals surface area contributed by atoms with E-state index in [9.17, 15) is 0 Å². The molecule has 0 aliphatic carbocycles. The molecule has 0 bridgehead atoms. The standard InChI is InChI=1S/C14H13BrClN3O/c1-8-18-12(16)6-13(19-8)17-7-10-5-11(15)4-9-2-3-20-14(9)10/h4-6H,2-3,7H2,1H3,(H,17,18,19). The molecule has 0 amide bonds. The lowest BCUT2D eigenvalue weighted by atomic mass is 10.1. The van der Waals surface area contributed by atoms with Gasteiger partial charge in [0, 0.05) is 29.1 Å². The highest BCUT2D eigenvalue weighted by Gasteiger charge is 2.17. The summed E-state index contributed by atoms with van der Waals surface area (Å²) >= 11 is 9.46. The highest BCUT2D eigenvalue weighted by Crippen LogP contribution is 2.33. The number of hydrogen-bond acceptors (Lipinski definition) is 4. The van der Waals surface area contributed by atoms with Crippen molar-refractivity contribution in [1.82, 2.24) is 9.97 Å². The fraction of sp³-hybridized carbons (Fsp3) is 0.286. The van der Waals surface area contributed by atoms with Gasteiger partial charge in [-0.15, -0.1) is 0 Å². The summed E-state index contributed by atoms with van der Waals surface area (Å²) in [5.74, 6) is 2.35. The van der Waals surface area contributed by atoms with Crippen LogP contribution in [0.3, 0.4) is 0 Å². The molecular formula is C14H13BrClN3O. The Bertz CT molecular complexity index is 643. The Balaban J connectivity index is 1.82. The van der Waals surface area contributed by atoms with Crippen LogP contribution in [-0.4, -0.2) is 16.6 Å². The van der Waals surface area contributed by atoms with Gasteiger partial charge in [-0.1, -0.05) is 27.5 Å². The molecule has 2 heterocycles. The van der Waals surface area contributed by atoms with Crippen molar-refractivity contribution in [2.24, 2.45) is 0 Å². The number of aryl methyl sites for hydroxylation is 1. The van der Waals surface area contributed by atoms with Gasteiger partial charge in [0.15, 0.2) is 0 Å². The molecule has 1 aromatic carbocycles. The first-order valence-electron chi connectivity index (χ1n) is 6.31. The minimum absolute atomic E-state index is 0.440. The Kier molecular flexibility index (Phi) is 3.81. The zero-order valence-electron chi connectivity index (χ0n) is 10.9. The average Bonchev–Trinajstić information content (AvgIpc) is 2.82. The van der Waals surface area contributed by atoms with Gasteiger partial charge in [0.25, 0.3) is 0 Å². The van der Waals surface area contributed by atoms with Crippen molar-refractivity contribution >= 4 is 33.3 Å². The molecule has 104 valence electrons. The first-order chi connectivity index (χ1) is 9.61. The molecule has 1 N–H and O–H groups in total. The van der Waals surface area contributed by atoms with E-state index in [1.54, 1.807) is 6.07 Å². The lowest BCUT2D eigenvalue weighted by Crippen LogP contribution is -2.04. The normalized spacial score (nSPS) is 12.9. The van der Waals surface area contributed by atoms with Gasteiger partial charge < -0.3 is 10.1 Å². The molecule has 0 atom stereocenters. The lowest BCUT2D eigenvalue weighted by Gasteiger charge is -2.11. The number of halogens is 2. The molecule has 20 heavy (non-hydrogen) atoms. The molecule has 1 aromatic heterocycles. The van der Waals surface area contributed by atoms with Crippen LogP contribution in [0.15, 0.2) is 22.7 Å². The monoisotopic (exact) mass is 353 g/mol. The summed E-state index contributed by atoms with van der Waals surface area (Å²) in [6.07, 6.45) is 0.959. The van der Waals surface area contributed by atoms with Crippen LogP contribution in [0.1, 0.15) is 17.0 Å². The SMILES string of the molecule is Cc1nc(Cl)cc(NCc2cc(Br)cc3c2OCC3)n1. The fourth-order valence-electron chi connectivity index (χ4n) is 2.28. The third kappa shape index (κ3) is 2.88. The Morgan fingerprint density at radius 2 is 2.20 bits per heavy atom. The van der Waals surface area contributed by atoms with Gasteiger partial charge in [-0.05, 0) is 24.6 Å². The number of aromatic nitrogens is 2. The first kappa shape index (κ1) is 13.6. The van der Waals surface area contributed by atoms with E-state index >= 15 is 0 Å². The van der Waals surface area contributed by atoms with Crippen molar-refractivity contribution in [3.8, 4) is 5.75 Å². The number of nitrogens with zero attached hydrogens (tertiary/aromatic N) is 2. The van der Waals surface area contributed by atoms with Crippen LogP contribution in [0.2, 0.25) is 5.15 Å². The number of ether oxygens (including phenoxy) is 1. The number of rotatable bonds is 3. The van der Waals surface area contributed by atoms with Crippen molar-refractivity contribution < 1.29 is 4.74 Å². The molecule has 0 radical (unpaired) electrons. The predicted molar refractivity (Wildman–Crippen MR) is 82.4 cm³/mol. The summed E-state index contributed by atoms with van der Waals surface area (Å²) < 4.78 is 6.77. The van der Waals surface area contributed by atoms with E-state index in [-0.39, 0.29) is 0 Å². The molecular weight excluding hydrogens is 342 g/mol. The van der Waals surface area contributed by atoms with E-state index in [0.29, 0.717) is 23.3 Å². The predicted octanol–water partition coefficient (Wildman–Crippen LogP) is 3.75. The maximum Gasteiger partial charge on any atom is 0.134 e. The first-order valence-corrected chi connectivity index (χ1v) is 7.48. The molecule has 0 unspecified atom stereocenters. The maximum atomic E-state index is 5.93. The van der Waals surface area contributed by atoms with E-state index in [2.05, 4.69) is 43.3 Å².